The Morgan fingerprint density at radius 1 is 1.47 bits per heavy atom. The molecule has 5 heteroatoms. The van der Waals surface area contributed by atoms with Crippen molar-refractivity contribution in [1.82, 2.24) is 14.9 Å². The van der Waals surface area contributed by atoms with Crippen molar-refractivity contribution >= 4 is 11.6 Å². The van der Waals surface area contributed by atoms with E-state index in [9.17, 15) is 4.39 Å². The maximum absolute atomic E-state index is 13.9. The summed E-state index contributed by atoms with van der Waals surface area (Å²) in [5.41, 5.74) is 0.581. The summed E-state index contributed by atoms with van der Waals surface area (Å²) >= 11 is 5.96. The van der Waals surface area contributed by atoms with E-state index >= 15 is 0 Å². The first kappa shape index (κ1) is 14.0. The third-order valence-corrected chi connectivity index (χ3v) is 3.33. The van der Waals surface area contributed by atoms with Crippen LogP contribution in [0.2, 0.25) is 5.02 Å². The molecule has 0 bridgehead atoms. The van der Waals surface area contributed by atoms with Gasteiger partial charge in [-0.05, 0) is 24.7 Å². The monoisotopic (exact) mass is 281 g/mol. The first-order chi connectivity index (χ1) is 9.11. The molecule has 0 amide bonds. The van der Waals surface area contributed by atoms with Gasteiger partial charge in [-0.15, -0.1) is 0 Å². The minimum atomic E-state index is -0.246. The van der Waals surface area contributed by atoms with E-state index < -0.39 is 0 Å². The van der Waals surface area contributed by atoms with E-state index in [0.717, 1.165) is 12.4 Å². The van der Waals surface area contributed by atoms with Gasteiger partial charge in [0.1, 0.15) is 11.6 Å². The van der Waals surface area contributed by atoms with Crippen molar-refractivity contribution in [2.24, 2.45) is 7.05 Å². The van der Waals surface area contributed by atoms with Crippen LogP contribution in [0.1, 0.15) is 24.4 Å². The molecule has 0 fully saturated rings. The lowest BCUT2D eigenvalue weighted by Gasteiger charge is -2.19. The third-order valence-electron chi connectivity index (χ3n) is 3.09. The average molecular weight is 282 g/mol. The van der Waals surface area contributed by atoms with Crippen LogP contribution in [-0.4, -0.2) is 16.1 Å². The van der Waals surface area contributed by atoms with Gasteiger partial charge in [-0.25, -0.2) is 9.37 Å². The molecule has 0 radical (unpaired) electrons. The zero-order valence-corrected chi connectivity index (χ0v) is 11.8. The van der Waals surface area contributed by atoms with Crippen molar-refractivity contribution in [2.45, 2.75) is 19.4 Å². The Kier molecular flexibility index (Phi) is 4.56. The number of nitrogens with zero attached hydrogens (tertiary/aromatic N) is 2. The molecule has 1 unspecified atom stereocenters. The van der Waals surface area contributed by atoms with Crippen molar-refractivity contribution < 1.29 is 4.39 Å². The maximum atomic E-state index is 13.9. The molecule has 2 rings (SSSR count). The number of halogens is 2. The molecule has 3 nitrogen and oxygen atoms in total. The van der Waals surface area contributed by atoms with Crippen LogP contribution in [0, 0.1) is 5.82 Å². The summed E-state index contributed by atoms with van der Waals surface area (Å²) in [6.45, 7) is 2.74. The summed E-state index contributed by atoms with van der Waals surface area (Å²) in [5.74, 6) is 0.662. The van der Waals surface area contributed by atoms with Crippen molar-refractivity contribution in [3.8, 4) is 0 Å². The van der Waals surface area contributed by atoms with Crippen LogP contribution in [0.25, 0.3) is 0 Å². The van der Waals surface area contributed by atoms with Crippen molar-refractivity contribution in [1.29, 1.82) is 0 Å². The van der Waals surface area contributed by atoms with Crippen LogP contribution in [0.3, 0.4) is 0 Å². The summed E-state index contributed by atoms with van der Waals surface area (Å²) in [7, 11) is 1.93. The zero-order chi connectivity index (χ0) is 13.8. The molecule has 0 aliphatic rings. The lowest BCUT2D eigenvalue weighted by molar-refractivity contribution is 0.496. The number of benzene rings is 1. The van der Waals surface area contributed by atoms with E-state index in [0.29, 0.717) is 17.0 Å². The van der Waals surface area contributed by atoms with E-state index in [-0.39, 0.29) is 11.9 Å². The van der Waals surface area contributed by atoms with E-state index in [4.69, 9.17) is 11.6 Å². The van der Waals surface area contributed by atoms with E-state index in [1.165, 1.54) is 6.07 Å². The standard InChI is InChI=1S/C14H17ClFN3/c1-3-17-13(9-14-18-6-7-19(14)2)11-8-10(15)4-5-12(11)16/h4-8,13,17H,3,9H2,1-2H3. The Morgan fingerprint density at radius 3 is 2.89 bits per heavy atom. The fourth-order valence-electron chi connectivity index (χ4n) is 2.10. The zero-order valence-electron chi connectivity index (χ0n) is 11.0. The number of likely N-dealkylation sites (N-methyl/N-ethyl adjacent to an activating group) is 1. The van der Waals surface area contributed by atoms with Crippen molar-refractivity contribution in [3.05, 3.63) is 52.8 Å². The van der Waals surface area contributed by atoms with Gasteiger partial charge >= 0.3 is 0 Å². The second-order valence-electron chi connectivity index (χ2n) is 4.43. The summed E-state index contributed by atoms with van der Waals surface area (Å²) in [5, 5.41) is 3.82. The Labute approximate surface area is 117 Å². The lowest BCUT2D eigenvalue weighted by atomic mass is 10.0. The number of hydrogen-bond acceptors (Lipinski definition) is 2. The molecule has 0 aliphatic carbocycles. The van der Waals surface area contributed by atoms with E-state index in [1.54, 1.807) is 18.3 Å². The summed E-state index contributed by atoms with van der Waals surface area (Å²) in [4.78, 5) is 4.28. The molecule has 1 aromatic heterocycles. The van der Waals surface area contributed by atoms with Gasteiger partial charge in [-0.2, -0.15) is 0 Å². The van der Waals surface area contributed by atoms with Gasteiger partial charge in [0.25, 0.3) is 0 Å². The largest absolute Gasteiger partial charge is 0.338 e. The smallest absolute Gasteiger partial charge is 0.128 e. The van der Waals surface area contributed by atoms with Crippen molar-refractivity contribution in [2.75, 3.05) is 6.54 Å². The van der Waals surface area contributed by atoms with Gasteiger partial charge in [-0.1, -0.05) is 18.5 Å². The Morgan fingerprint density at radius 2 is 2.26 bits per heavy atom. The molecule has 0 saturated heterocycles. The fourth-order valence-corrected chi connectivity index (χ4v) is 2.28. The van der Waals surface area contributed by atoms with Crippen LogP contribution in [0.5, 0.6) is 0 Å². The van der Waals surface area contributed by atoms with Crippen LogP contribution in [0.15, 0.2) is 30.6 Å². The number of aryl methyl sites for hydroxylation is 1. The van der Waals surface area contributed by atoms with E-state index in [2.05, 4.69) is 10.3 Å². The van der Waals surface area contributed by atoms with Crippen LogP contribution in [-0.2, 0) is 13.5 Å². The molecule has 19 heavy (non-hydrogen) atoms. The minimum Gasteiger partial charge on any atom is -0.338 e. The molecule has 1 aromatic carbocycles. The van der Waals surface area contributed by atoms with E-state index in [1.807, 2.05) is 24.7 Å². The molecule has 0 saturated carbocycles. The quantitative estimate of drug-likeness (QED) is 0.913. The Balaban J connectivity index is 2.29. The molecule has 0 aliphatic heterocycles. The SMILES string of the molecule is CCNC(Cc1nccn1C)c1cc(Cl)ccc1F. The second kappa shape index (κ2) is 6.17. The maximum Gasteiger partial charge on any atom is 0.128 e. The van der Waals surface area contributed by atoms with Gasteiger partial charge in [0.05, 0.1) is 0 Å². The van der Waals surface area contributed by atoms with Gasteiger partial charge < -0.3 is 9.88 Å². The number of imidazole rings is 1. The molecule has 2 aromatic rings. The van der Waals surface area contributed by atoms with Gasteiger partial charge in [0.15, 0.2) is 0 Å². The number of hydrogen-bond donors (Lipinski definition) is 1. The molecular formula is C14H17ClFN3. The van der Waals surface area contributed by atoms with Crippen LogP contribution < -0.4 is 5.32 Å². The topological polar surface area (TPSA) is 29.9 Å². The molecule has 1 N–H and O–H groups in total. The first-order valence-electron chi connectivity index (χ1n) is 6.26. The Hall–Kier alpha value is -1.39. The van der Waals surface area contributed by atoms with Crippen molar-refractivity contribution in [3.63, 3.8) is 0 Å². The van der Waals surface area contributed by atoms with Gasteiger partial charge in [-0.3, -0.25) is 0 Å². The highest BCUT2D eigenvalue weighted by Crippen LogP contribution is 2.24. The molecular weight excluding hydrogens is 265 g/mol. The normalized spacial score (nSPS) is 12.6. The molecule has 0 spiro atoms. The average Bonchev–Trinajstić information content (AvgIpc) is 2.78. The summed E-state index contributed by atoms with van der Waals surface area (Å²) in [6.07, 6.45) is 4.24. The molecule has 1 heterocycles. The van der Waals surface area contributed by atoms with Crippen LogP contribution >= 0.6 is 11.6 Å². The highest BCUT2D eigenvalue weighted by molar-refractivity contribution is 6.30. The highest BCUT2D eigenvalue weighted by atomic mass is 35.5. The Bertz CT molecular complexity index is 553. The second-order valence-corrected chi connectivity index (χ2v) is 4.87. The molecule has 1 atom stereocenters. The summed E-state index contributed by atoms with van der Waals surface area (Å²) in [6, 6.07) is 4.50. The van der Waals surface area contributed by atoms with Crippen LogP contribution in [0.4, 0.5) is 4.39 Å². The van der Waals surface area contributed by atoms with Gasteiger partial charge in [0.2, 0.25) is 0 Å². The third kappa shape index (κ3) is 3.33. The minimum absolute atomic E-state index is 0.134. The summed E-state index contributed by atoms with van der Waals surface area (Å²) < 4.78 is 15.9. The number of rotatable bonds is 5. The lowest BCUT2D eigenvalue weighted by Crippen LogP contribution is -2.25. The van der Waals surface area contributed by atoms with Gasteiger partial charge in [0, 0.05) is 42.5 Å². The predicted octanol–water partition coefficient (Wildman–Crippen LogP) is 3.11. The number of aromatic nitrogens is 2. The number of nitrogens with one attached hydrogen (secondary N) is 1. The molecule has 102 valence electrons. The first-order valence-corrected chi connectivity index (χ1v) is 6.64. The predicted molar refractivity (Wildman–Crippen MR) is 74.7 cm³/mol. The highest BCUT2D eigenvalue weighted by Gasteiger charge is 2.17. The fraction of sp³-hybridized carbons (Fsp3) is 0.357.